The molecule has 0 spiro atoms. The minimum atomic E-state index is -0.234. The lowest BCUT2D eigenvalue weighted by atomic mass is 10.1. The summed E-state index contributed by atoms with van der Waals surface area (Å²) >= 11 is 0. The number of carbonyl (C=O) groups is 1. The van der Waals surface area contributed by atoms with Crippen LogP contribution in [0.5, 0.6) is 0 Å². The number of rotatable bonds is 3. The minimum Gasteiger partial charge on any atom is -0.291 e. The molecule has 0 aliphatic heterocycles. The number of amides is 1. The fraction of sp³-hybridized carbons (Fsp3) is 0.471. The number of hydrogen-bond donors (Lipinski definition) is 2. The van der Waals surface area contributed by atoms with E-state index in [4.69, 9.17) is 4.98 Å². The first-order chi connectivity index (χ1) is 11.8. The molecule has 1 saturated carbocycles. The normalized spacial score (nSPS) is 14.9. The third-order valence-electron chi connectivity index (χ3n) is 4.36. The van der Waals surface area contributed by atoms with E-state index >= 15 is 0 Å². The summed E-state index contributed by atoms with van der Waals surface area (Å²) in [7, 11) is 0. The molecule has 0 aromatic carbocycles. The van der Waals surface area contributed by atoms with Crippen LogP contribution in [0.25, 0.3) is 11.0 Å². The summed E-state index contributed by atoms with van der Waals surface area (Å²) in [4.78, 5) is 21.7. The van der Waals surface area contributed by atoms with Crippen LogP contribution in [0.4, 0.5) is 5.95 Å². The standard InChI is InChI=1S/C17H21N7O/c1-9-13-11(15(25)21-16-18-8-19-22-16)7-12(10-5-6-10)20-14(13)24(23-9)17(2,3)4/h7-8,10H,5-6H2,1-4H3,(H2,18,19,21,22,25). The van der Waals surface area contributed by atoms with Gasteiger partial charge in [-0.25, -0.2) is 14.8 Å². The van der Waals surface area contributed by atoms with Gasteiger partial charge in [-0.1, -0.05) is 0 Å². The second-order valence-electron chi connectivity index (χ2n) is 7.52. The zero-order valence-electron chi connectivity index (χ0n) is 14.8. The Morgan fingerprint density at radius 3 is 2.72 bits per heavy atom. The third kappa shape index (κ3) is 2.77. The smallest absolute Gasteiger partial charge is 0.258 e. The van der Waals surface area contributed by atoms with Crippen molar-refractivity contribution in [3.8, 4) is 0 Å². The van der Waals surface area contributed by atoms with Crippen molar-refractivity contribution in [2.24, 2.45) is 0 Å². The van der Waals surface area contributed by atoms with Crippen LogP contribution in [0.2, 0.25) is 0 Å². The summed E-state index contributed by atoms with van der Waals surface area (Å²) in [5.74, 6) is 0.524. The molecule has 0 saturated heterocycles. The van der Waals surface area contributed by atoms with E-state index in [0.717, 1.165) is 35.3 Å². The number of pyridine rings is 1. The highest BCUT2D eigenvalue weighted by atomic mass is 16.1. The number of aromatic nitrogens is 6. The lowest BCUT2D eigenvalue weighted by Crippen LogP contribution is -2.24. The molecule has 1 aliphatic rings. The number of carbonyl (C=O) groups excluding carboxylic acids is 1. The van der Waals surface area contributed by atoms with Crippen LogP contribution in [0, 0.1) is 6.92 Å². The van der Waals surface area contributed by atoms with Gasteiger partial charge in [0.05, 0.1) is 22.2 Å². The molecule has 8 nitrogen and oxygen atoms in total. The van der Waals surface area contributed by atoms with E-state index < -0.39 is 0 Å². The summed E-state index contributed by atoms with van der Waals surface area (Å²) in [6.07, 6.45) is 3.59. The van der Waals surface area contributed by atoms with Gasteiger partial charge in [-0.2, -0.15) is 15.2 Å². The van der Waals surface area contributed by atoms with Gasteiger partial charge < -0.3 is 0 Å². The van der Waals surface area contributed by atoms with Crippen molar-refractivity contribution in [2.75, 3.05) is 5.32 Å². The van der Waals surface area contributed by atoms with Gasteiger partial charge in [-0.05, 0) is 46.6 Å². The van der Waals surface area contributed by atoms with Gasteiger partial charge in [0.25, 0.3) is 5.91 Å². The minimum absolute atomic E-state index is 0.222. The summed E-state index contributed by atoms with van der Waals surface area (Å²) in [6, 6.07) is 1.90. The molecule has 0 bridgehead atoms. The maximum absolute atomic E-state index is 12.9. The molecule has 3 aromatic rings. The number of anilines is 1. The number of nitrogens with zero attached hydrogens (tertiary/aromatic N) is 5. The Balaban J connectivity index is 1.90. The molecular weight excluding hydrogens is 318 g/mol. The molecule has 8 heteroatoms. The molecule has 3 heterocycles. The molecule has 1 fully saturated rings. The second-order valence-corrected chi connectivity index (χ2v) is 7.52. The SMILES string of the molecule is Cc1nn(C(C)(C)C)c2nc(C3CC3)cc(C(=O)Nc3ncn[nH]3)c12. The molecular formula is C17H21N7O. The van der Waals surface area contributed by atoms with Crippen molar-refractivity contribution in [2.45, 2.75) is 52.0 Å². The molecule has 1 amide bonds. The van der Waals surface area contributed by atoms with Crippen molar-refractivity contribution in [3.05, 3.63) is 29.3 Å². The topological polar surface area (TPSA) is 101 Å². The van der Waals surface area contributed by atoms with Gasteiger partial charge in [0.1, 0.15) is 6.33 Å². The fourth-order valence-electron chi connectivity index (χ4n) is 2.98. The maximum Gasteiger partial charge on any atom is 0.258 e. The van der Waals surface area contributed by atoms with E-state index in [0.29, 0.717) is 17.4 Å². The van der Waals surface area contributed by atoms with Crippen molar-refractivity contribution in [1.82, 2.24) is 29.9 Å². The van der Waals surface area contributed by atoms with Crippen molar-refractivity contribution < 1.29 is 4.79 Å². The van der Waals surface area contributed by atoms with E-state index in [-0.39, 0.29) is 11.4 Å². The molecule has 130 valence electrons. The summed E-state index contributed by atoms with van der Waals surface area (Å²) in [5, 5.41) is 14.6. The summed E-state index contributed by atoms with van der Waals surface area (Å²) < 4.78 is 1.91. The van der Waals surface area contributed by atoms with E-state index in [1.54, 1.807) is 0 Å². The van der Waals surface area contributed by atoms with Gasteiger partial charge in [0, 0.05) is 11.6 Å². The first-order valence-corrected chi connectivity index (χ1v) is 8.42. The van der Waals surface area contributed by atoms with Gasteiger partial charge in [-0.3, -0.25) is 10.1 Å². The molecule has 0 unspecified atom stereocenters. The van der Waals surface area contributed by atoms with Gasteiger partial charge >= 0.3 is 0 Å². The quantitative estimate of drug-likeness (QED) is 0.764. The number of aryl methyl sites for hydroxylation is 1. The lowest BCUT2D eigenvalue weighted by molar-refractivity contribution is 0.102. The summed E-state index contributed by atoms with van der Waals surface area (Å²) in [6.45, 7) is 8.16. The van der Waals surface area contributed by atoms with Crippen molar-refractivity contribution in [3.63, 3.8) is 0 Å². The molecule has 0 atom stereocenters. The summed E-state index contributed by atoms with van der Waals surface area (Å²) in [5.41, 5.74) is 2.87. The Kier molecular flexibility index (Phi) is 3.38. The lowest BCUT2D eigenvalue weighted by Gasteiger charge is -2.20. The van der Waals surface area contributed by atoms with E-state index in [2.05, 4.69) is 46.4 Å². The van der Waals surface area contributed by atoms with Crippen LogP contribution in [-0.2, 0) is 5.54 Å². The molecule has 4 rings (SSSR count). The molecule has 0 radical (unpaired) electrons. The van der Waals surface area contributed by atoms with Crippen LogP contribution in [0.15, 0.2) is 12.4 Å². The van der Waals surface area contributed by atoms with Crippen LogP contribution in [0.3, 0.4) is 0 Å². The first kappa shape index (κ1) is 15.7. The Hall–Kier alpha value is -2.77. The average molecular weight is 339 g/mol. The largest absolute Gasteiger partial charge is 0.291 e. The zero-order chi connectivity index (χ0) is 17.8. The number of H-pyrrole nitrogens is 1. The van der Waals surface area contributed by atoms with E-state index in [1.807, 2.05) is 17.7 Å². The average Bonchev–Trinajstić information content (AvgIpc) is 3.17. The highest BCUT2D eigenvalue weighted by Crippen LogP contribution is 2.41. The van der Waals surface area contributed by atoms with Crippen molar-refractivity contribution >= 4 is 22.9 Å². The Morgan fingerprint density at radius 1 is 1.36 bits per heavy atom. The molecule has 3 aromatic heterocycles. The molecule has 25 heavy (non-hydrogen) atoms. The van der Waals surface area contributed by atoms with E-state index in [9.17, 15) is 4.79 Å². The number of hydrogen-bond acceptors (Lipinski definition) is 5. The number of fused-ring (bicyclic) bond motifs is 1. The maximum atomic E-state index is 12.9. The zero-order valence-corrected chi connectivity index (χ0v) is 14.8. The number of nitrogens with one attached hydrogen (secondary N) is 2. The van der Waals surface area contributed by atoms with Gasteiger partial charge in [0.2, 0.25) is 5.95 Å². The fourth-order valence-corrected chi connectivity index (χ4v) is 2.98. The van der Waals surface area contributed by atoms with Crippen LogP contribution < -0.4 is 5.32 Å². The van der Waals surface area contributed by atoms with Crippen LogP contribution in [0.1, 0.15) is 61.3 Å². The highest BCUT2D eigenvalue weighted by Gasteiger charge is 2.30. The van der Waals surface area contributed by atoms with Gasteiger partial charge in [0.15, 0.2) is 5.65 Å². The molecule has 1 aliphatic carbocycles. The third-order valence-corrected chi connectivity index (χ3v) is 4.36. The Morgan fingerprint density at radius 2 is 2.12 bits per heavy atom. The predicted molar refractivity (Wildman–Crippen MR) is 93.6 cm³/mol. The van der Waals surface area contributed by atoms with Crippen molar-refractivity contribution in [1.29, 1.82) is 0 Å². The Labute approximate surface area is 145 Å². The van der Waals surface area contributed by atoms with Crippen LogP contribution >= 0.6 is 0 Å². The monoisotopic (exact) mass is 339 g/mol. The predicted octanol–water partition coefficient (Wildman–Crippen LogP) is 2.74. The number of aromatic amines is 1. The van der Waals surface area contributed by atoms with Crippen LogP contribution in [-0.4, -0.2) is 35.9 Å². The van der Waals surface area contributed by atoms with Gasteiger partial charge in [-0.15, -0.1) is 0 Å². The first-order valence-electron chi connectivity index (χ1n) is 8.42. The second kappa shape index (κ2) is 5.37. The van der Waals surface area contributed by atoms with E-state index in [1.165, 1.54) is 6.33 Å². The highest BCUT2D eigenvalue weighted by molar-refractivity contribution is 6.12. The molecule has 2 N–H and O–H groups in total. The Bertz CT molecular complexity index is 946.